The summed E-state index contributed by atoms with van der Waals surface area (Å²) >= 11 is 6.53. The number of hydrogen-bond acceptors (Lipinski definition) is 4. The van der Waals surface area contributed by atoms with Crippen molar-refractivity contribution in [2.45, 2.75) is 10.8 Å². The van der Waals surface area contributed by atoms with Crippen molar-refractivity contribution in [1.82, 2.24) is 0 Å². The van der Waals surface area contributed by atoms with Crippen LogP contribution in [0.15, 0.2) is 37.6 Å². The molecule has 0 radical (unpaired) electrons. The van der Waals surface area contributed by atoms with Gasteiger partial charge in [0.15, 0.2) is 5.09 Å². The first-order valence-electron chi connectivity index (χ1n) is 4.35. The van der Waals surface area contributed by atoms with Crippen LogP contribution in [0.4, 0.5) is 0 Å². The average molecular weight is 319 g/mol. The predicted octanol–water partition coefficient (Wildman–Crippen LogP) is 4.09. The molecular formula is C10H7BrO3S2. The van der Waals surface area contributed by atoms with E-state index in [0.717, 1.165) is 9.54 Å². The Morgan fingerprint density at radius 3 is 2.81 bits per heavy atom. The molecule has 2 aromatic rings. The van der Waals surface area contributed by atoms with Crippen molar-refractivity contribution in [2.75, 3.05) is 0 Å². The SMILES string of the molecule is O=C(O)c1ccc(SCc2ccc(Br)s2)o1. The van der Waals surface area contributed by atoms with Gasteiger partial charge in [0.05, 0.1) is 3.79 Å². The first-order chi connectivity index (χ1) is 7.65. The van der Waals surface area contributed by atoms with Gasteiger partial charge in [0.1, 0.15) is 0 Å². The van der Waals surface area contributed by atoms with Crippen LogP contribution in [0.5, 0.6) is 0 Å². The van der Waals surface area contributed by atoms with Crippen molar-refractivity contribution >= 4 is 45.0 Å². The Balaban J connectivity index is 1.97. The number of carboxylic acid groups (broad SMARTS) is 1. The van der Waals surface area contributed by atoms with Gasteiger partial charge in [0, 0.05) is 10.6 Å². The molecule has 84 valence electrons. The first kappa shape index (κ1) is 11.8. The highest BCUT2D eigenvalue weighted by atomic mass is 79.9. The number of carbonyl (C=O) groups is 1. The normalized spacial score (nSPS) is 10.6. The van der Waals surface area contributed by atoms with Crippen molar-refractivity contribution in [1.29, 1.82) is 0 Å². The van der Waals surface area contributed by atoms with Gasteiger partial charge >= 0.3 is 5.97 Å². The molecule has 0 saturated carbocycles. The summed E-state index contributed by atoms with van der Waals surface area (Å²) in [6, 6.07) is 7.17. The topological polar surface area (TPSA) is 50.4 Å². The summed E-state index contributed by atoms with van der Waals surface area (Å²) in [6.07, 6.45) is 0. The lowest BCUT2D eigenvalue weighted by atomic mass is 10.5. The second-order valence-electron chi connectivity index (χ2n) is 2.92. The van der Waals surface area contributed by atoms with Gasteiger partial charge in [-0.15, -0.1) is 11.3 Å². The molecule has 0 saturated heterocycles. The van der Waals surface area contributed by atoms with Crippen molar-refractivity contribution in [3.05, 3.63) is 38.7 Å². The molecule has 0 unspecified atom stereocenters. The fourth-order valence-electron chi connectivity index (χ4n) is 1.08. The van der Waals surface area contributed by atoms with Crippen molar-refractivity contribution in [3.63, 3.8) is 0 Å². The standard InChI is InChI=1S/C10H7BrO3S2/c11-8-3-1-6(16-8)5-15-9-4-2-7(14-9)10(12)13/h1-4H,5H2,(H,12,13). The van der Waals surface area contributed by atoms with Gasteiger partial charge in [-0.05, 0) is 40.2 Å². The van der Waals surface area contributed by atoms with Gasteiger partial charge in [-0.3, -0.25) is 0 Å². The van der Waals surface area contributed by atoms with E-state index in [1.807, 2.05) is 12.1 Å². The Morgan fingerprint density at radius 2 is 2.25 bits per heavy atom. The highest BCUT2D eigenvalue weighted by Gasteiger charge is 2.09. The zero-order valence-electron chi connectivity index (χ0n) is 7.97. The van der Waals surface area contributed by atoms with Crippen LogP contribution >= 0.6 is 39.0 Å². The minimum atomic E-state index is -1.04. The van der Waals surface area contributed by atoms with Crippen LogP contribution in [0.1, 0.15) is 15.4 Å². The first-order valence-corrected chi connectivity index (χ1v) is 6.95. The number of carboxylic acids is 1. The van der Waals surface area contributed by atoms with E-state index in [1.165, 1.54) is 22.7 Å². The minimum absolute atomic E-state index is 0.0186. The largest absolute Gasteiger partial charge is 0.475 e. The van der Waals surface area contributed by atoms with Crippen molar-refractivity contribution < 1.29 is 14.3 Å². The van der Waals surface area contributed by atoms with E-state index in [-0.39, 0.29) is 5.76 Å². The Bertz CT molecular complexity index is 504. The van der Waals surface area contributed by atoms with Gasteiger partial charge in [0.25, 0.3) is 0 Å². The summed E-state index contributed by atoms with van der Waals surface area (Å²) in [5.74, 6) is -0.274. The summed E-state index contributed by atoms with van der Waals surface area (Å²) in [5.41, 5.74) is 0. The average Bonchev–Trinajstić information content (AvgIpc) is 2.83. The molecule has 0 bridgehead atoms. The second-order valence-corrected chi connectivity index (χ2v) is 6.45. The van der Waals surface area contributed by atoms with Gasteiger partial charge in [-0.1, -0.05) is 11.8 Å². The Hall–Kier alpha value is -0.720. The van der Waals surface area contributed by atoms with E-state index >= 15 is 0 Å². The molecule has 0 aliphatic carbocycles. The zero-order valence-corrected chi connectivity index (χ0v) is 11.2. The van der Waals surface area contributed by atoms with Gasteiger partial charge < -0.3 is 9.52 Å². The van der Waals surface area contributed by atoms with E-state index in [4.69, 9.17) is 9.52 Å². The molecule has 3 nitrogen and oxygen atoms in total. The van der Waals surface area contributed by atoms with E-state index in [0.29, 0.717) is 5.09 Å². The molecule has 1 N–H and O–H groups in total. The molecule has 16 heavy (non-hydrogen) atoms. The molecular weight excluding hydrogens is 312 g/mol. The van der Waals surface area contributed by atoms with Gasteiger partial charge in [-0.25, -0.2) is 4.79 Å². The fraction of sp³-hybridized carbons (Fsp3) is 0.100. The number of rotatable bonds is 4. The highest BCUT2D eigenvalue weighted by Crippen LogP contribution is 2.30. The lowest BCUT2D eigenvalue weighted by molar-refractivity contribution is 0.0656. The van der Waals surface area contributed by atoms with Crippen LogP contribution in [-0.2, 0) is 5.75 Å². The fourth-order valence-corrected chi connectivity index (χ4v) is 3.47. The molecule has 2 aromatic heterocycles. The van der Waals surface area contributed by atoms with Crippen LogP contribution in [0, 0.1) is 0 Å². The molecule has 2 heterocycles. The number of halogens is 1. The molecule has 0 aliphatic heterocycles. The minimum Gasteiger partial charge on any atom is -0.475 e. The third kappa shape index (κ3) is 2.90. The highest BCUT2D eigenvalue weighted by molar-refractivity contribution is 9.11. The van der Waals surface area contributed by atoms with Gasteiger partial charge in [0.2, 0.25) is 5.76 Å². The van der Waals surface area contributed by atoms with Crippen LogP contribution in [0.2, 0.25) is 0 Å². The number of furan rings is 1. The lowest BCUT2D eigenvalue weighted by Gasteiger charge is -1.94. The monoisotopic (exact) mass is 318 g/mol. The molecule has 0 fully saturated rings. The van der Waals surface area contributed by atoms with E-state index in [9.17, 15) is 4.79 Å². The summed E-state index contributed by atoms with van der Waals surface area (Å²) in [6.45, 7) is 0. The number of aromatic carboxylic acids is 1. The molecule has 0 spiro atoms. The molecule has 0 atom stereocenters. The van der Waals surface area contributed by atoms with E-state index in [1.54, 1.807) is 17.4 Å². The summed E-state index contributed by atoms with van der Waals surface area (Å²) in [7, 11) is 0. The molecule has 0 aliphatic rings. The molecule has 0 amide bonds. The second kappa shape index (κ2) is 5.07. The number of hydrogen-bond donors (Lipinski definition) is 1. The number of thiophene rings is 1. The molecule has 6 heteroatoms. The molecule has 2 rings (SSSR count). The maximum absolute atomic E-state index is 10.6. The number of thioether (sulfide) groups is 1. The predicted molar refractivity (Wildman–Crippen MR) is 67.2 cm³/mol. The van der Waals surface area contributed by atoms with Gasteiger partial charge in [-0.2, -0.15) is 0 Å². The Labute approximate surface area is 109 Å². The lowest BCUT2D eigenvalue weighted by Crippen LogP contribution is -1.91. The third-order valence-corrected chi connectivity index (χ3v) is 4.54. The molecule has 0 aromatic carbocycles. The van der Waals surface area contributed by atoms with E-state index in [2.05, 4.69) is 15.9 Å². The van der Waals surface area contributed by atoms with Crippen LogP contribution in [0.25, 0.3) is 0 Å². The van der Waals surface area contributed by atoms with Crippen molar-refractivity contribution in [2.24, 2.45) is 0 Å². The van der Waals surface area contributed by atoms with E-state index < -0.39 is 5.97 Å². The van der Waals surface area contributed by atoms with Crippen LogP contribution in [0.3, 0.4) is 0 Å². The zero-order chi connectivity index (χ0) is 11.5. The quantitative estimate of drug-likeness (QED) is 0.862. The Morgan fingerprint density at radius 1 is 1.44 bits per heavy atom. The third-order valence-electron chi connectivity index (χ3n) is 1.78. The van der Waals surface area contributed by atoms with Crippen molar-refractivity contribution in [3.8, 4) is 0 Å². The smallest absolute Gasteiger partial charge is 0.371 e. The summed E-state index contributed by atoms with van der Waals surface area (Å²) in [4.78, 5) is 11.8. The summed E-state index contributed by atoms with van der Waals surface area (Å²) in [5, 5.41) is 9.31. The van der Waals surface area contributed by atoms with Crippen LogP contribution in [-0.4, -0.2) is 11.1 Å². The maximum atomic E-state index is 10.6. The van der Waals surface area contributed by atoms with Crippen LogP contribution < -0.4 is 0 Å². The maximum Gasteiger partial charge on any atom is 0.371 e. The Kier molecular flexibility index (Phi) is 3.73. The summed E-state index contributed by atoms with van der Waals surface area (Å²) < 4.78 is 6.22.